The Bertz CT molecular complexity index is 987. The Morgan fingerprint density at radius 2 is 1.88 bits per heavy atom. The van der Waals surface area contributed by atoms with Crippen molar-refractivity contribution >= 4 is 16.9 Å². The summed E-state index contributed by atoms with van der Waals surface area (Å²) in [4.78, 5) is 23.4. The van der Waals surface area contributed by atoms with Gasteiger partial charge in [0.2, 0.25) is 0 Å². The smallest absolute Gasteiger partial charge is 0.336 e. The summed E-state index contributed by atoms with van der Waals surface area (Å²) in [5.41, 5.74) is 1.93. The van der Waals surface area contributed by atoms with E-state index in [1.54, 1.807) is 18.2 Å². The van der Waals surface area contributed by atoms with E-state index >= 15 is 0 Å². The van der Waals surface area contributed by atoms with Crippen LogP contribution in [-0.2, 0) is 4.79 Å². The number of fused-ring (bicyclic) bond motifs is 1. The van der Waals surface area contributed by atoms with Crippen LogP contribution >= 0.6 is 0 Å². The van der Waals surface area contributed by atoms with Gasteiger partial charge in [-0.2, -0.15) is 0 Å². The van der Waals surface area contributed by atoms with Crippen molar-refractivity contribution in [1.29, 1.82) is 0 Å². The van der Waals surface area contributed by atoms with Gasteiger partial charge in [-0.3, -0.25) is 4.79 Å². The summed E-state index contributed by atoms with van der Waals surface area (Å²) in [5.74, 6) is 0.793. The SMILES string of the molecule is Cc1cccc(OCCCC(=O)Oc2ccc3c(C)cc(=O)oc3c2)c1. The van der Waals surface area contributed by atoms with Crippen LogP contribution in [0.25, 0.3) is 11.0 Å². The van der Waals surface area contributed by atoms with Gasteiger partial charge in [0.15, 0.2) is 0 Å². The highest BCUT2D eigenvalue weighted by atomic mass is 16.5. The minimum atomic E-state index is -0.424. The molecule has 3 rings (SSSR count). The molecular weight excluding hydrogens is 332 g/mol. The minimum Gasteiger partial charge on any atom is -0.494 e. The standard InChI is InChI=1S/C21H20O5/c1-14-5-3-6-16(11-14)24-10-4-7-20(22)25-17-8-9-18-15(2)12-21(23)26-19(18)13-17/h3,5-6,8-9,11-13H,4,7,10H2,1-2H3. The largest absolute Gasteiger partial charge is 0.494 e. The van der Waals surface area contributed by atoms with Crippen molar-refractivity contribution in [1.82, 2.24) is 0 Å². The van der Waals surface area contributed by atoms with Crippen LogP contribution in [0.4, 0.5) is 0 Å². The molecule has 0 aliphatic heterocycles. The van der Waals surface area contributed by atoms with Gasteiger partial charge in [-0.25, -0.2) is 4.79 Å². The lowest BCUT2D eigenvalue weighted by molar-refractivity contribution is -0.134. The normalized spacial score (nSPS) is 10.7. The molecule has 2 aromatic carbocycles. The third-order valence-electron chi connectivity index (χ3n) is 3.94. The third kappa shape index (κ3) is 4.51. The highest BCUT2D eigenvalue weighted by Gasteiger charge is 2.08. The Balaban J connectivity index is 1.53. The number of aryl methyl sites for hydroxylation is 2. The number of hydrogen-bond donors (Lipinski definition) is 0. The number of benzene rings is 2. The fourth-order valence-corrected chi connectivity index (χ4v) is 2.66. The van der Waals surface area contributed by atoms with E-state index in [9.17, 15) is 9.59 Å². The summed E-state index contributed by atoms with van der Waals surface area (Å²) in [5, 5.41) is 0.816. The zero-order valence-electron chi connectivity index (χ0n) is 14.8. The van der Waals surface area contributed by atoms with Gasteiger partial charge in [0.25, 0.3) is 0 Å². The van der Waals surface area contributed by atoms with E-state index in [0.29, 0.717) is 24.4 Å². The molecule has 0 unspecified atom stereocenters. The molecule has 0 radical (unpaired) electrons. The summed E-state index contributed by atoms with van der Waals surface area (Å²) >= 11 is 0. The number of carbonyl (C=O) groups is 1. The van der Waals surface area contributed by atoms with Crippen LogP contribution in [0.2, 0.25) is 0 Å². The first-order valence-corrected chi connectivity index (χ1v) is 8.46. The monoisotopic (exact) mass is 352 g/mol. The lowest BCUT2D eigenvalue weighted by Crippen LogP contribution is -2.10. The van der Waals surface area contributed by atoms with Crippen molar-refractivity contribution in [3.63, 3.8) is 0 Å². The average Bonchev–Trinajstić information content (AvgIpc) is 2.58. The molecule has 26 heavy (non-hydrogen) atoms. The molecule has 1 aromatic heterocycles. The van der Waals surface area contributed by atoms with E-state index in [4.69, 9.17) is 13.9 Å². The molecule has 0 saturated heterocycles. The molecule has 5 nitrogen and oxygen atoms in total. The van der Waals surface area contributed by atoms with Gasteiger partial charge in [0, 0.05) is 23.9 Å². The van der Waals surface area contributed by atoms with Gasteiger partial charge in [0.1, 0.15) is 17.1 Å². The summed E-state index contributed by atoms with van der Waals surface area (Å²) in [6, 6.07) is 14.2. The molecule has 0 aliphatic rings. The number of ether oxygens (including phenoxy) is 2. The van der Waals surface area contributed by atoms with Crippen molar-refractivity contribution in [2.75, 3.05) is 6.61 Å². The molecular formula is C21H20O5. The summed E-state index contributed by atoms with van der Waals surface area (Å²) in [7, 11) is 0. The lowest BCUT2D eigenvalue weighted by Gasteiger charge is -2.08. The van der Waals surface area contributed by atoms with Gasteiger partial charge in [-0.1, -0.05) is 12.1 Å². The Hall–Kier alpha value is -3.08. The van der Waals surface area contributed by atoms with Gasteiger partial charge in [0.05, 0.1) is 6.61 Å². The van der Waals surface area contributed by atoms with Crippen molar-refractivity contribution in [3.05, 3.63) is 70.1 Å². The van der Waals surface area contributed by atoms with Crippen LogP contribution in [0.3, 0.4) is 0 Å². The van der Waals surface area contributed by atoms with E-state index < -0.39 is 5.63 Å². The molecule has 0 spiro atoms. The first-order chi connectivity index (χ1) is 12.5. The maximum Gasteiger partial charge on any atom is 0.336 e. The average molecular weight is 352 g/mol. The quantitative estimate of drug-likeness (QED) is 0.288. The van der Waals surface area contributed by atoms with Crippen molar-refractivity contribution in [2.45, 2.75) is 26.7 Å². The van der Waals surface area contributed by atoms with Gasteiger partial charge >= 0.3 is 11.6 Å². The van der Waals surface area contributed by atoms with Crippen LogP contribution in [0.1, 0.15) is 24.0 Å². The van der Waals surface area contributed by atoms with E-state index in [2.05, 4.69) is 0 Å². The Kier molecular flexibility index (Phi) is 5.37. The molecule has 0 fully saturated rings. The van der Waals surface area contributed by atoms with Gasteiger partial charge in [-0.15, -0.1) is 0 Å². The van der Waals surface area contributed by atoms with E-state index in [1.165, 1.54) is 6.07 Å². The lowest BCUT2D eigenvalue weighted by atomic mass is 10.1. The molecule has 0 aliphatic carbocycles. The van der Waals surface area contributed by atoms with E-state index in [-0.39, 0.29) is 12.4 Å². The zero-order valence-corrected chi connectivity index (χ0v) is 14.8. The van der Waals surface area contributed by atoms with Crippen LogP contribution < -0.4 is 15.1 Å². The Labute approximate surface area is 151 Å². The molecule has 0 amide bonds. The third-order valence-corrected chi connectivity index (χ3v) is 3.94. The van der Waals surface area contributed by atoms with Crippen molar-refractivity contribution < 1.29 is 18.7 Å². The van der Waals surface area contributed by atoms with Crippen LogP contribution in [0.5, 0.6) is 11.5 Å². The van der Waals surface area contributed by atoms with Gasteiger partial charge in [-0.05, 0) is 55.7 Å². The van der Waals surface area contributed by atoms with Crippen molar-refractivity contribution in [3.8, 4) is 11.5 Å². The maximum absolute atomic E-state index is 12.0. The van der Waals surface area contributed by atoms with E-state index in [0.717, 1.165) is 22.3 Å². The highest BCUT2D eigenvalue weighted by Crippen LogP contribution is 2.22. The van der Waals surface area contributed by atoms with Crippen LogP contribution in [-0.4, -0.2) is 12.6 Å². The van der Waals surface area contributed by atoms with Gasteiger partial charge < -0.3 is 13.9 Å². The first kappa shape index (κ1) is 17.7. The first-order valence-electron chi connectivity index (χ1n) is 8.46. The zero-order chi connectivity index (χ0) is 18.5. The fourth-order valence-electron chi connectivity index (χ4n) is 2.66. The molecule has 0 atom stereocenters. The number of rotatable bonds is 6. The molecule has 0 N–H and O–H groups in total. The predicted molar refractivity (Wildman–Crippen MR) is 98.8 cm³/mol. The molecule has 0 bridgehead atoms. The highest BCUT2D eigenvalue weighted by molar-refractivity contribution is 5.82. The number of esters is 1. The Morgan fingerprint density at radius 1 is 1.04 bits per heavy atom. The van der Waals surface area contributed by atoms with E-state index in [1.807, 2.05) is 38.1 Å². The van der Waals surface area contributed by atoms with Crippen LogP contribution in [0.15, 0.2) is 57.7 Å². The topological polar surface area (TPSA) is 65.7 Å². The molecule has 134 valence electrons. The summed E-state index contributed by atoms with van der Waals surface area (Å²) in [6.07, 6.45) is 0.788. The second kappa shape index (κ2) is 7.87. The number of carbonyl (C=O) groups excluding carboxylic acids is 1. The van der Waals surface area contributed by atoms with Crippen LogP contribution in [0, 0.1) is 13.8 Å². The summed E-state index contributed by atoms with van der Waals surface area (Å²) < 4.78 is 16.1. The minimum absolute atomic E-state index is 0.238. The molecule has 5 heteroatoms. The molecule has 0 saturated carbocycles. The number of hydrogen-bond acceptors (Lipinski definition) is 5. The Morgan fingerprint density at radius 3 is 2.69 bits per heavy atom. The summed E-state index contributed by atoms with van der Waals surface area (Å²) in [6.45, 7) is 4.26. The van der Waals surface area contributed by atoms with Crippen molar-refractivity contribution in [2.24, 2.45) is 0 Å². The predicted octanol–water partition coefficient (Wildman–Crippen LogP) is 4.17. The molecule has 3 aromatic rings. The fraction of sp³-hybridized carbons (Fsp3) is 0.238. The second-order valence-corrected chi connectivity index (χ2v) is 6.15. The molecule has 1 heterocycles. The second-order valence-electron chi connectivity index (χ2n) is 6.15. The maximum atomic E-state index is 12.0.